The Hall–Kier alpha value is -3.25. The van der Waals surface area contributed by atoms with E-state index in [1.807, 2.05) is 33.9 Å². The number of aromatic nitrogens is 3. The Balaban J connectivity index is 0.000000347. The topological polar surface area (TPSA) is 76.0 Å². The van der Waals surface area contributed by atoms with Crippen molar-refractivity contribution >= 4 is 38.0 Å². The number of hydrogen-bond donors (Lipinski definition) is 1. The molecule has 0 fully saturated rings. The summed E-state index contributed by atoms with van der Waals surface area (Å²) in [5.74, 6) is 1.12. The Morgan fingerprint density at radius 2 is 1.55 bits per heavy atom. The van der Waals surface area contributed by atoms with Gasteiger partial charge in [0.2, 0.25) is 0 Å². The van der Waals surface area contributed by atoms with Crippen molar-refractivity contribution < 1.29 is 30.0 Å². The summed E-state index contributed by atoms with van der Waals surface area (Å²) < 4.78 is 1.26. The van der Waals surface area contributed by atoms with E-state index in [4.69, 9.17) is 0 Å². The summed E-state index contributed by atoms with van der Waals surface area (Å²) in [6.07, 6.45) is 9.48. The van der Waals surface area contributed by atoms with Crippen LogP contribution in [0.2, 0.25) is 0 Å². The van der Waals surface area contributed by atoms with E-state index in [9.17, 15) is 9.90 Å². The van der Waals surface area contributed by atoms with Crippen molar-refractivity contribution in [2.24, 2.45) is 17.8 Å². The molecule has 1 radical (unpaired) electrons. The second-order valence-corrected chi connectivity index (χ2v) is 14.9. The van der Waals surface area contributed by atoms with Crippen LogP contribution in [0.25, 0.3) is 43.4 Å². The number of pyridine rings is 1. The molecule has 7 heteroatoms. The number of carbonyl (C=O) groups is 1. The van der Waals surface area contributed by atoms with Crippen molar-refractivity contribution in [3.8, 4) is 22.5 Å². The van der Waals surface area contributed by atoms with Gasteiger partial charge >= 0.3 is 0 Å². The molecule has 0 aliphatic carbocycles. The molecule has 0 unspecified atom stereocenters. The summed E-state index contributed by atoms with van der Waals surface area (Å²) in [5, 5.41) is 15.5. The van der Waals surface area contributed by atoms with E-state index in [1.165, 1.54) is 32.8 Å². The number of fused-ring (bicyclic) bond motifs is 2. The van der Waals surface area contributed by atoms with Crippen LogP contribution in [0, 0.1) is 23.8 Å². The van der Waals surface area contributed by atoms with Crippen LogP contribution in [-0.2, 0) is 36.7 Å². The van der Waals surface area contributed by atoms with Crippen LogP contribution in [-0.4, -0.2) is 25.8 Å². The fourth-order valence-corrected chi connectivity index (χ4v) is 7.23. The molecule has 3 aromatic heterocycles. The third-order valence-electron chi connectivity index (χ3n) is 9.05. The molecular formula is C42H52IrN3O2S-. The second-order valence-electron chi connectivity index (χ2n) is 14.1. The summed E-state index contributed by atoms with van der Waals surface area (Å²) in [6.45, 7) is 19.3. The number of rotatable bonds is 11. The number of nitrogens with zero attached hydrogens (tertiary/aromatic N) is 3. The minimum atomic E-state index is 0. The molecule has 0 saturated carbocycles. The maximum absolute atomic E-state index is 11.7. The van der Waals surface area contributed by atoms with E-state index in [1.54, 1.807) is 17.7 Å². The SMILES string of the molecule is CC(C)Cc1nccc2c(-c3cc(-c4[c-]c5ccccc5c(C(C)(C)C)c4)ncn3)csc12.CCC(CC)C(=O)/C=C(\O)C(CC)CC.[Ir]. The van der Waals surface area contributed by atoms with E-state index >= 15 is 0 Å². The van der Waals surface area contributed by atoms with E-state index in [0.717, 1.165) is 60.0 Å². The van der Waals surface area contributed by atoms with Crippen molar-refractivity contribution in [2.45, 2.75) is 99.8 Å². The van der Waals surface area contributed by atoms with Gasteiger partial charge in [-0.3, -0.25) is 14.8 Å². The maximum Gasteiger partial charge on any atom is 0.162 e. The summed E-state index contributed by atoms with van der Waals surface area (Å²) in [6, 6.07) is 18.5. The van der Waals surface area contributed by atoms with Crippen LogP contribution in [0.5, 0.6) is 0 Å². The van der Waals surface area contributed by atoms with Crippen molar-refractivity contribution in [3.05, 3.63) is 89.5 Å². The molecule has 0 aliphatic heterocycles. The number of benzene rings is 2. The minimum Gasteiger partial charge on any atom is -0.512 e. The van der Waals surface area contributed by atoms with Gasteiger partial charge in [-0.2, -0.15) is 0 Å². The summed E-state index contributed by atoms with van der Waals surface area (Å²) in [4.78, 5) is 25.6. The third kappa shape index (κ3) is 9.93. The van der Waals surface area contributed by atoms with E-state index < -0.39 is 0 Å². The molecular weight excluding hydrogens is 803 g/mol. The van der Waals surface area contributed by atoms with Crippen LogP contribution in [0.4, 0.5) is 0 Å². The molecule has 0 saturated heterocycles. The van der Waals surface area contributed by atoms with Crippen molar-refractivity contribution in [1.82, 2.24) is 15.0 Å². The van der Waals surface area contributed by atoms with E-state index in [2.05, 4.69) is 103 Å². The molecule has 5 rings (SSSR count). The average Bonchev–Trinajstić information content (AvgIpc) is 3.50. The van der Waals surface area contributed by atoms with Gasteiger partial charge in [-0.15, -0.1) is 40.5 Å². The predicted molar refractivity (Wildman–Crippen MR) is 204 cm³/mol. The van der Waals surface area contributed by atoms with Gasteiger partial charge in [-0.1, -0.05) is 91.5 Å². The Labute approximate surface area is 311 Å². The van der Waals surface area contributed by atoms with Crippen LogP contribution < -0.4 is 0 Å². The second kappa shape index (κ2) is 18.1. The third-order valence-corrected chi connectivity index (χ3v) is 10.1. The predicted octanol–water partition coefficient (Wildman–Crippen LogP) is 11.7. The molecule has 2 aromatic carbocycles. The summed E-state index contributed by atoms with van der Waals surface area (Å²) >= 11 is 1.76. The molecule has 263 valence electrons. The average molecular weight is 855 g/mol. The van der Waals surface area contributed by atoms with Gasteiger partial charge in [0.05, 0.1) is 21.8 Å². The molecule has 0 bridgehead atoms. The number of aliphatic hydroxyl groups is 1. The first kappa shape index (κ1) is 40.2. The molecule has 0 aliphatic rings. The van der Waals surface area contributed by atoms with Gasteiger partial charge in [0.25, 0.3) is 0 Å². The summed E-state index contributed by atoms with van der Waals surface area (Å²) in [5.41, 5.74) is 6.47. The Morgan fingerprint density at radius 3 is 2.18 bits per heavy atom. The van der Waals surface area contributed by atoms with Crippen LogP contribution in [0.1, 0.15) is 99.3 Å². The molecule has 1 N–H and O–H groups in total. The number of ketones is 1. The van der Waals surface area contributed by atoms with Crippen molar-refractivity contribution in [3.63, 3.8) is 0 Å². The Kier molecular flexibility index (Phi) is 14.9. The van der Waals surface area contributed by atoms with Gasteiger partial charge in [0.15, 0.2) is 5.78 Å². The van der Waals surface area contributed by atoms with Gasteiger partial charge in [-0.25, -0.2) is 4.98 Å². The van der Waals surface area contributed by atoms with Gasteiger partial charge in [0.1, 0.15) is 6.33 Å². The zero-order chi connectivity index (χ0) is 35.0. The maximum atomic E-state index is 11.7. The molecule has 0 spiro atoms. The number of allylic oxidation sites excluding steroid dienone is 2. The first-order valence-electron chi connectivity index (χ1n) is 17.5. The fourth-order valence-electron chi connectivity index (χ4n) is 6.17. The standard InChI is InChI=1S/C29H28N3S.C13H24O2.Ir/c1-18(2)12-27-28-22(10-11-30-27)23(16-33-28)26-15-25(31-17-32-26)20-13-19-8-6-7-9-21(19)24(14-20)29(3,4)5;1-5-10(6-2)12(14)9-13(15)11(7-3)8-4;/h6-11,14-18H,12H2,1-5H3;9-11,14H,5-8H2,1-4H3;/q-1;;/b;12-9-;. The smallest absolute Gasteiger partial charge is 0.162 e. The summed E-state index contributed by atoms with van der Waals surface area (Å²) in [7, 11) is 0. The van der Waals surface area contributed by atoms with Crippen LogP contribution >= 0.6 is 11.3 Å². The zero-order valence-electron chi connectivity index (χ0n) is 30.6. The number of carbonyl (C=O) groups excluding carboxylic acids is 1. The monoisotopic (exact) mass is 855 g/mol. The molecule has 5 aromatic rings. The zero-order valence-corrected chi connectivity index (χ0v) is 33.8. The van der Waals surface area contributed by atoms with Gasteiger partial charge < -0.3 is 5.11 Å². The van der Waals surface area contributed by atoms with Crippen molar-refractivity contribution in [1.29, 1.82) is 0 Å². The molecule has 3 heterocycles. The van der Waals surface area contributed by atoms with Crippen molar-refractivity contribution in [2.75, 3.05) is 0 Å². The number of aliphatic hydroxyl groups excluding tert-OH is 1. The normalized spacial score (nSPS) is 12.0. The van der Waals surface area contributed by atoms with E-state index in [-0.39, 0.29) is 48.9 Å². The first-order chi connectivity index (χ1) is 22.9. The number of hydrogen-bond acceptors (Lipinski definition) is 6. The van der Waals surface area contributed by atoms with Gasteiger partial charge in [-0.05, 0) is 55.6 Å². The molecule has 0 amide bonds. The Bertz CT molecular complexity index is 1860. The Morgan fingerprint density at radius 1 is 0.898 bits per heavy atom. The largest absolute Gasteiger partial charge is 0.512 e. The quantitative estimate of drug-likeness (QED) is 0.0814. The molecule has 49 heavy (non-hydrogen) atoms. The molecule has 0 atom stereocenters. The van der Waals surface area contributed by atoms with Gasteiger partial charge in [0, 0.05) is 66.2 Å². The van der Waals surface area contributed by atoms with Crippen LogP contribution in [0.15, 0.2) is 72.2 Å². The fraction of sp³-hybridized carbons (Fsp3) is 0.429. The number of thiophene rings is 1. The molecule has 5 nitrogen and oxygen atoms in total. The van der Waals surface area contributed by atoms with Crippen LogP contribution in [0.3, 0.4) is 0 Å². The van der Waals surface area contributed by atoms with E-state index in [0.29, 0.717) is 5.92 Å². The first-order valence-corrected chi connectivity index (χ1v) is 18.4. The minimum absolute atomic E-state index is 0.